The first-order valence-corrected chi connectivity index (χ1v) is 4.95. The zero-order valence-electron chi connectivity index (χ0n) is 8.86. The maximum atomic E-state index is 11.5. The third-order valence-corrected chi connectivity index (χ3v) is 2.86. The van der Waals surface area contributed by atoms with Crippen LogP contribution in [0.15, 0.2) is 36.0 Å². The Bertz CT molecular complexity index is 399. The summed E-state index contributed by atoms with van der Waals surface area (Å²) in [5.74, 6) is -0.444. The number of carbonyl (C=O) groups is 2. The molecule has 0 fully saturated rings. The second-order valence-electron chi connectivity index (χ2n) is 4.19. The molecule has 0 aromatic heterocycles. The Morgan fingerprint density at radius 1 is 1.20 bits per heavy atom. The van der Waals surface area contributed by atoms with Crippen LogP contribution in [0.1, 0.15) is 20.3 Å². The topological polar surface area (TPSA) is 37.4 Å². The van der Waals surface area contributed by atoms with Crippen LogP contribution >= 0.6 is 0 Å². The van der Waals surface area contributed by atoms with E-state index in [-0.39, 0.29) is 11.8 Å². The van der Waals surface area contributed by atoms with E-state index in [0.29, 0.717) is 6.42 Å². The third kappa shape index (κ3) is 1.54. The van der Waals surface area contributed by atoms with Gasteiger partial charge in [0.15, 0.2) is 0 Å². The van der Waals surface area contributed by atoms with Crippen LogP contribution in [0.25, 0.3) is 0 Å². The van der Waals surface area contributed by atoms with Crippen LogP contribution in [0.2, 0.25) is 0 Å². The molecule has 0 saturated carbocycles. The molecule has 3 heteroatoms. The Morgan fingerprint density at radius 2 is 1.80 bits per heavy atom. The van der Waals surface area contributed by atoms with Gasteiger partial charge in [0, 0.05) is 12.2 Å². The van der Waals surface area contributed by atoms with Gasteiger partial charge in [-0.2, -0.15) is 0 Å². The van der Waals surface area contributed by atoms with Crippen molar-refractivity contribution in [2.24, 2.45) is 0 Å². The quantitative estimate of drug-likeness (QED) is 0.607. The van der Waals surface area contributed by atoms with Crippen LogP contribution in [-0.4, -0.2) is 22.3 Å². The van der Waals surface area contributed by atoms with Crippen LogP contribution in [0.4, 0.5) is 0 Å². The lowest BCUT2D eigenvalue weighted by atomic mass is 9.89. The molecule has 1 unspecified atom stereocenters. The van der Waals surface area contributed by atoms with Crippen molar-refractivity contribution in [3.05, 3.63) is 36.0 Å². The minimum absolute atomic E-state index is 0.222. The number of amides is 2. The predicted octanol–water partition coefficient (Wildman–Crippen LogP) is 1.58. The fourth-order valence-electron chi connectivity index (χ4n) is 1.88. The highest BCUT2D eigenvalue weighted by Gasteiger charge is 2.38. The summed E-state index contributed by atoms with van der Waals surface area (Å²) in [5.41, 5.74) is 0.663. The first-order valence-electron chi connectivity index (χ1n) is 4.95. The second-order valence-corrected chi connectivity index (χ2v) is 4.19. The van der Waals surface area contributed by atoms with Gasteiger partial charge >= 0.3 is 0 Å². The molecule has 0 saturated heterocycles. The summed E-state index contributed by atoms with van der Waals surface area (Å²) >= 11 is 0. The van der Waals surface area contributed by atoms with Gasteiger partial charge in [-0.05, 0) is 20.3 Å². The molecule has 0 spiro atoms. The Kier molecular flexibility index (Phi) is 2.11. The molecular formula is C12H13NO2. The highest BCUT2D eigenvalue weighted by atomic mass is 16.2. The fraction of sp³-hybridized carbons (Fsp3) is 0.333. The minimum atomic E-state index is -0.503. The largest absolute Gasteiger partial charge is 0.269 e. The van der Waals surface area contributed by atoms with Gasteiger partial charge in [-0.15, -0.1) is 0 Å². The highest BCUT2D eigenvalue weighted by Crippen LogP contribution is 2.29. The molecule has 15 heavy (non-hydrogen) atoms. The summed E-state index contributed by atoms with van der Waals surface area (Å²) in [7, 11) is 0. The summed E-state index contributed by atoms with van der Waals surface area (Å²) in [6, 6.07) is 0. The van der Waals surface area contributed by atoms with Crippen molar-refractivity contribution in [2.75, 3.05) is 0 Å². The van der Waals surface area contributed by atoms with Crippen LogP contribution in [0.5, 0.6) is 0 Å². The van der Waals surface area contributed by atoms with Gasteiger partial charge in [-0.3, -0.25) is 14.5 Å². The molecule has 2 rings (SSSR count). The summed E-state index contributed by atoms with van der Waals surface area (Å²) in [6.07, 6.45) is 9.25. The molecule has 1 aliphatic heterocycles. The van der Waals surface area contributed by atoms with E-state index in [2.05, 4.69) is 0 Å². The average molecular weight is 203 g/mol. The second kappa shape index (κ2) is 3.19. The lowest BCUT2D eigenvalue weighted by molar-refractivity contribution is -0.141. The van der Waals surface area contributed by atoms with E-state index in [1.54, 1.807) is 0 Å². The minimum Gasteiger partial charge on any atom is -0.269 e. The van der Waals surface area contributed by atoms with Gasteiger partial charge in [0.2, 0.25) is 0 Å². The van der Waals surface area contributed by atoms with E-state index in [4.69, 9.17) is 0 Å². The van der Waals surface area contributed by atoms with Gasteiger partial charge in [-0.25, -0.2) is 0 Å². The van der Waals surface area contributed by atoms with Crippen molar-refractivity contribution in [1.82, 2.24) is 4.90 Å². The standard InChI is InChI=1S/C12H13NO2/c1-9-5-7-12(2,8-6-9)13-10(14)3-4-11(13)15/h3-7H,8H2,1-2H3. The molecule has 2 amide bonds. The number of nitrogens with zero attached hydrogens (tertiary/aromatic N) is 1. The summed E-state index contributed by atoms with van der Waals surface area (Å²) in [6.45, 7) is 3.90. The SMILES string of the molecule is CC1=CCC(C)(N2C(=O)C=CC2=O)C=C1. The van der Waals surface area contributed by atoms with Crippen LogP contribution < -0.4 is 0 Å². The highest BCUT2D eigenvalue weighted by molar-refractivity contribution is 6.13. The van der Waals surface area contributed by atoms with E-state index >= 15 is 0 Å². The number of carbonyl (C=O) groups excluding carboxylic acids is 2. The summed E-state index contributed by atoms with van der Waals surface area (Å²) < 4.78 is 0. The maximum Gasteiger partial charge on any atom is 0.254 e. The zero-order chi connectivity index (χ0) is 11.1. The number of imide groups is 1. The molecule has 0 N–H and O–H groups in total. The Morgan fingerprint density at radius 3 is 2.27 bits per heavy atom. The van der Waals surface area contributed by atoms with Crippen LogP contribution in [0.3, 0.4) is 0 Å². The van der Waals surface area contributed by atoms with Gasteiger partial charge < -0.3 is 0 Å². The van der Waals surface area contributed by atoms with E-state index in [0.717, 1.165) is 0 Å². The van der Waals surface area contributed by atoms with Crippen molar-refractivity contribution in [3.63, 3.8) is 0 Å². The van der Waals surface area contributed by atoms with Gasteiger partial charge in [0.05, 0.1) is 5.54 Å². The molecule has 1 atom stereocenters. The Balaban J connectivity index is 2.29. The van der Waals surface area contributed by atoms with Gasteiger partial charge in [0.1, 0.15) is 0 Å². The molecule has 0 aromatic rings. The fourth-order valence-corrected chi connectivity index (χ4v) is 1.88. The molecule has 0 radical (unpaired) electrons. The smallest absolute Gasteiger partial charge is 0.254 e. The molecule has 1 aliphatic carbocycles. The van der Waals surface area contributed by atoms with E-state index in [1.165, 1.54) is 22.6 Å². The van der Waals surface area contributed by atoms with Crippen molar-refractivity contribution >= 4 is 11.8 Å². The summed E-state index contributed by atoms with van der Waals surface area (Å²) in [4.78, 5) is 24.4. The molecule has 2 aliphatic rings. The summed E-state index contributed by atoms with van der Waals surface area (Å²) in [5, 5.41) is 0. The Labute approximate surface area is 88.8 Å². The average Bonchev–Trinajstić information content (AvgIpc) is 2.52. The lowest BCUT2D eigenvalue weighted by Crippen LogP contribution is -2.48. The zero-order valence-corrected chi connectivity index (χ0v) is 8.86. The Hall–Kier alpha value is -1.64. The molecular weight excluding hydrogens is 190 g/mol. The predicted molar refractivity (Wildman–Crippen MR) is 56.9 cm³/mol. The normalized spacial score (nSPS) is 30.0. The number of rotatable bonds is 1. The molecule has 0 aromatic carbocycles. The van der Waals surface area contributed by atoms with Crippen molar-refractivity contribution in [2.45, 2.75) is 25.8 Å². The number of hydrogen-bond donors (Lipinski definition) is 0. The molecule has 3 nitrogen and oxygen atoms in total. The van der Waals surface area contributed by atoms with E-state index in [1.807, 2.05) is 32.1 Å². The number of hydrogen-bond acceptors (Lipinski definition) is 2. The van der Waals surface area contributed by atoms with Gasteiger partial charge in [-0.1, -0.05) is 23.8 Å². The van der Waals surface area contributed by atoms with Crippen LogP contribution in [-0.2, 0) is 9.59 Å². The molecule has 0 bridgehead atoms. The molecule has 78 valence electrons. The number of allylic oxidation sites excluding steroid dienone is 2. The maximum absolute atomic E-state index is 11.5. The third-order valence-electron chi connectivity index (χ3n) is 2.86. The van der Waals surface area contributed by atoms with Crippen molar-refractivity contribution < 1.29 is 9.59 Å². The van der Waals surface area contributed by atoms with Crippen molar-refractivity contribution in [3.8, 4) is 0 Å². The van der Waals surface area contributed by atoms with E-state index < -0.39 is 5.54 Å². The van der Waals surface area contributed by atoms with Crippen molar-refractivity contribution in [1.29, 1.82) is 0 Å². The molecule has 1 heterocycles. The van der Waals surface area contributed by atoms with Crippen LogP contribution in [0, 0.1) is 0 Å². The first kappa shape index (κ1) is 9.90. The monoisotopic (exact) mass is 203 g/mol. The van der Waals surface area contributed by atoms with E-state index in [9.17, 15) is 9.59 Å². The first-order chi connectivity index (χ1) is 7.03. The lowest BCUT2D eigenvalue weighted by Gasteiger charge is -2.35. The van der Waals surface area contributed by atoms with Gasteiger partial charge in [0.25, 0.3) is 11.8 Å².